The number of rotatable bonds is 2. The SMILES string of the molecule is O=[N+]([O-])c1ccc(N2CCNC(O)C2)cc1. The van der Waals surface area contributed by atoms with E-state index < -0.39 is 11.2 Å². The number of non-ortho nitro benzene ring substituents is 1. The molecule has 1 unspecified atom stereocenters. The summed E-state index contributed by atoms with van der Waals surface area (Å²) in [4.78, 5) is 12.1. The van der Waals surface area contributed by atoms with E-state index in [1.165, 1.54) is 12.1 Å². The Morgan fingerprint density at radius 1 is 1.44 bits per heavy atom. The molecule has 2 rings (SSSR count). The van der Waals surface area contributed by atoms with Crippen molar-refractivity contribution in [3.63, 3.8) is 0 Å². The van der Waals surface area contributed by atoms with E-state index in [1.54, 1.807) is 12.1 Å². The number of piperazine rings is 1. The Morgan fingerprint density at radius 2 is 2.12 bits per heavy atom. The van der Waals surface area contributed by atoms with Crippen LogP contribution in [0.15, 0.2) is 24.3 Å². The quantitative estimate of drug-likeness (QED) is 0.557. The fourth-order valence-electron chi connectivity index (χ4n) is 1.75. The molecule has 1 atom stereocenters. The highest BCUT2D eigenvalue weighted by atomic mass is 16.6. The lowest BCUT2D eigenvalue weighted by Crippen LogP contribution is -2.50. The van der Waals surface area contributed by atoms with Gasteiger partial charge in [-0.3, -0.25) is 15.4 Å². The second-order valence-electron chi connectivity index (χ2n) is 3.69. The molecule has 0 spiro atoms. The monoisotopic (exact) mass is 223 g/mol. The first-order chi connectivity index (χ1) is 7.66. The molecule has 1 aliphatic heterocycles. The van der Waals surface area contributed by atoms with E-state index in [0.717, 1.165) is 12.2 Å². The Morgan fingerprint density at radius 3 is 2.69 bits per heavy atom. The number of hydrogen-bond acceptors (Lipinski definition) is 5. The number of β-amino-alcohol motifs (C(OH)–C–C–N with tert-alkyl or cyclic N) is 1. The maximum absolute atomic E-state index is 10.5. The molecular weight excluding hydrogens is 210 g/mol. The van der Waals surface area contributed by atoms with Crippen LogP contribution in [0.3, 0.4) is 0 Å². The van der Waals surface area contributed by atoms with E-state index >= 15 is 0 Å². The Balaban J connectivity index is 2.11. The summed E-state index contributed by atoms with van der Waals surface area (Å²) in [7, 11) is 0. The van der Waals surface area contributed by atoms with Gasteiger partial charge in [0.2, 0.25) is 0 Å². The normalized spacial score (nSPS) is 20.8. The number of hydrogen-bond donors (Lipinski definition) is 2. The predicted octanol–water partition coefficient (Wildman–Crippen LogP) is 0.323. The average molecular weight is 223 g/mol. The number of nitro groups is 1. The predicted molar refractivity (Wildman–Crippen MR) is 59.3 cm³/mol. The van der Waals surface area contributed by atoms with Crippen LogP contribution in [0.1, 0.15) is 0 Å². The first kappa shape index (κ1) is 10.8. The second kappa shape index (κ2) is 4.46. The van der Waals surface area contributed by atoms with Gasteiger partial charge in [0, 0.05) is 30.9 Å². The third kappa shape index (κ3) is 2.29. The molecule has 0 aromatic heterocycles. The number of nitrogens with zero attached hydrogens (tertiary/aromatic N) is 2. The van der Waals surface area contributed by atoms with Crippen LogP contribution < -0.4 is 10.2 Å². The van der Waals surface area contributed by atoms with Gasteiger partial charge < -0.3 is 10.0 Å². The van der Waals surface area contributed by atoms with Gasteiger partial charge in [-0.2, -0.15) is 0 Å². The number of nitro benzene ring substituents is 1. The first-order valence-electron chi connectivity index (χ1n) is 5.07. The van der Waals surface area contributed by atoms with Crippen molar-refractivity contribution in [2.45, 2.75) is 6.23 Å². The van der Waals surface area contributed by atoms with Crippen LogP contribution in [0.25, 0.3) is 0 Å². The van der Waals surface area contributed by atoms with Crippen LogP contribution in [-0.2, 0) is 0 Å². The third-order valence-electron chi connectivity index (χ3n) is 2.58. The number of benzene rings is 1. The second-order valence-corrected chi connectivity index (χ2v) is 3.69. The molecule has 0 amide bonds. The van der Waals surface area contributed by atoms with Gasteiger partial charge in [0.25, 0.3) is 5.69 Å². The van der Waals surface area contributed by atoms with Crippen LogP contribution in [0.2, 0.25) is 0 Å². The summed E-state index contributed by atoms with van der Waals surface area (Å²) < 4.78 is 0. The van der Waals surface area contributed by atoms with E-state index in [1.807, 2.05) is 4.90 Å². The number of nitrogens with one attached hydrogen (secondary N) is 1. The van der Waals surface area contributed by atoms with Crippen LogP contribution in [-0.4, -0.2) is 35.9 Å². The van der Waals surface area contributed by atoms with Crippen molar-refractivity contribution in [1.29, 1.82) is 0 Å². The largest absolute Gasteiger partial charge is 0.377 e. The molecule has 1 aliphatic rings. The molecule has 1 aromatic rings. The van der Waals surface area contributed by atoms with Gasteiger partial charge in [-0.05, 0) is 12.1 Å². The summed E-state index contributed by atoms with van der Waals surface area (Å²) in [6, 6.07) is 6.36. The molecule has 1 aromatic carbocycles. The lowest BCUT2D eigenvalue weighted by Gasteiger charge is -2.32. The summed E-state index contributed by atoms with van der Waals surface area (Å²) in [6.45, 7) is 1.99. The molecule has 0 bridgehead atoms. The standard InChI is InChI=1S/C10H13N3O3/c14-10-7-12(6-5-11-10)8-1-3-9(4-2-8)13(15)16/h1-4,10-11,14H,5-7H2. The Kier molecular flexibility index (Phi) is 3.02. The Hall–Kier alpha value is -1.66. The zero-order valence-electron chi connectivity index (χ0n) is 8.67. The van der Waals surface area contributed by atoms with Crippen molar-refractivity contribution < 1.29 is 10.0 Å². The van der Waals surface area contributed by atoms with E-state index in [9.17, 15) is 15.2 Å². The molecule has 0 aliphatic carbocycles. The van der Waals surface area contributed by atoms with Crippen LogP contribution in [0.5, 0.6) is 0 Å². The number of aliphatic hydroxyl groups excluding tert-OH is 1. The highest BCUT2D eigenvalue weighted by Gasteiger charge is 2.17. The van der Waals surface area contributed by atoms with E-state index in [4.69, 9.17) is 0 Å². The summed E-state index contributed by atoms with van der Waals surface area (Å²) in [6.07, 6.45) is -0.538. The van der Waals surface area contributed by atoms with E-state index in [-0.39, 0.29) is 5.69 Å². The number of anilines is 1. The van der Waals surface area contributed by atoms with Gasteiger partial charge in [0.1, 0.15) is 6.23 Å². The van der Waals surface area contributed by atoms with Gasteiger partial charge in [-0.1, -0.05) is 0 Å². The molecule has 1 fully saturated rings. The smallest absolute Gasteiger partial charge is 0.269 e. The zero-order chi connectivity index (χ0) is 11.5. The molecule has 6 heteroatoms. The van der Waals surface area contributed by atoms with Crippen molar-refractivity contribution in [2.24, 2.45) is 0 Å². The number of aliphatic hydroxyl groups is 1. The van der Waals surface area contributed by atoms with Gasteiger partial charge >= 0.3 is 0 Å². The molecule has 16 heavy (non-hydrogen) atoms. The molecule has 6 nitrogen and oxygen atoms in total. The summed E-state index contributed by atoms with van der Waals surface area (Å²) in [5.74, 6) is 0. The van der Waals surface area contributed by atoms with Gasteiger partial charge in [0.05, 0.1) is 11.5 Å². The maximum Gasteiger partial charge on any atom is 0.269 e. The van der Waals surface area contributed by atoms with E-state index in [0.29, 0.717) is 13.1 Å². The molecular formula is C10H13N3O3. The van der Waals surface area contributed by atoms with Crippen molar-refractivity contribution in [3.05, 3.63) is 34.4 Å². The van der Waals surface area contributed by atoms with Crippen molar-refractivity contribution in [3.8, 4) is 0 Å². The summed E-state index contributed by atoms with van der Waals surface area (Å²) in [5, 5.41) is 22.8. The molecule has 2 N–H and O–H groups in total. The first-order valence-corrected chi connectivity index (χ1v) is 5.07. The van der Waals surface area contributed by atoms with Gasteiger partial charge in [-0.15, -0.1) is 0 Å². The minimum absolute atomic E-state index is 0.0828. The van der Waals surface area contributed by atoms with Gasteiger partial charge in [-0.25, -0.2) is 0 Å². The zero-order valence-corrected chi connectivity index (χ0v) is 8.67. The summed E-state index contributed by atoms with van der Waals surface area (Å²) >= 11 is 0. The van der Waals surface area contributed by atoms with E-state index in [2.05, 4.69) is 5.32 Å². The maximum atomic E-state index is 10.5. The average Bonchev–Trinajstić information content (AvgIpc) is 2.29. The fraction of sp³-hybridized carbons (Fsp3) is 0.400. The lowest BCUT2D eigenvalue weighted by atomic mass is 10.2. The third-order valence-corrected chi connectivity index (χ3v) is 2.58. The minimum Gasteiger partial charge on any atom is -0.377 e. The molecule has 86 valence electrons. The molecule has 1 saturated heterocycles. The molecule has 0 radical (unpaired) electrons. The van der Waals surface area contributed by atoms with Crippen LogP contribution in [0.4, 0.5) is 11.4 Å². The molecule has 1 heterocycles. The highest BCUT2D eigenvalue weighted by Crippen LogP contribution is 2.19. The minimum atomic E-state index is -0.538. The van der Waals surface area contributed by atoms with Crippen molar-refractivity contribution >= 4 is 11.4 Å². The highest BCUT2D eigenvalue weighted by molar-refractivity contribution is 5.51. The topological polar surface area (TPSA) is 78.6 Å². The fourth-order valence-corrected chi connectivity index (χ4v) is 1.75. The van der Waals surface area contributed by atoms with Crippen LogP contribution in [0, 0.1) is 10.1 Å². The van der Waals surface area contributed by atoms with Crippen molar-refractivity contribution in [2.75, 3.05) is 24.5 Å². The van der Waals surface area contributed by atoms with Gasteiger partial charge in [0.15, 0.2) is 0 Å². The Bertz CT molecular complexity index is 379. The Labute approximate surface area is 92.6 Å². The van der Waals surface area contributed by atoms with Crippen molar-refractivity contribution in [1.82, 2.24) is 5.32 Å². The van der Waals surface area contributed by atoms with Crippen LogP contribution >= 0.6 is 0 Å². The lowest BCUT2D eigenvalue weighted by molar-refractivity contribution is -0.384. The summed E-state index contributed by atoms with van der Waals surface area (Å²) in [5.41, 5.74) is 0.977. The molecule has 0 saturated carbocycles.